The predicted octanol–water partition coefficient (Wildman–Crippen LogP) is 3.31. The third-order valence-corrected chi connectivity index (χ3v) is 5.54. The molecule has 8 heteroatoms. The summed E-state index contributed by atoms with van der Waals surface area (Å²) in [6, 6.07) is 11.9. The molecule has 0 bridgehead atoms. The lowest BCUT2D eigenvalue weighted by Crippen LogP contribution is -2.31. The normalized spacial score (nSPS) is 12.5. The Morgan fingerprint density at radius 2 is 1.82 bits per heavy atom. The number of benzene rings is 2. The summed E-state index contributed by atoms with van der Waals surface area (Å²) in [5.74, 6) is 0.374. The van der Waals surface area contributed by atoms with Gasteiger partial charge < -0.3 is 10.6 Å². The number of rotatable bonds is 6. The first-order valence-electron chi connectivity index (χ1n) is 8.90. The van der Waals surface area contributed by atoms with Gasteiger partial charge in [0.05, 0.1) is 10.4 Å². The topological polar surface area (TPSA) is 101 Å². The van der Waals surface area contributed by atoms with E-state index in [2.05, 4.69) is 20.6 Å². The van der Waals surface area contributed by atoms with Crippen LogP contribution < -0.4 is 10.6 Å². The molecule has 7 nitrogen and oxygen atoms in total. The van der Waals surface area contributed by atoms with Crippen molar-refractivity contribution in [3.63, 3.8) is 0 Å². The fourth-order valence-electron chi connectivity index (χ4n) is 2.62. The van der Waals surface area contributed by atoms with Crippen molar-refractivity contribution in [2.24, 2.45) is 0 Å². The number of nitrogens with one attached hydrogen (secondary N) is 2. The minimum absolute atomic E-state index is 0.113. The Morgan fingerprint density at radius 1 is 1.11 bits per heavy atom. The van der Waals surface area contributed by atoms with Gasteiger partial charge in [0, 0.05) is 28.9 Å². The summed E-state index contributed by atoms with van der Waals surface area (Å²) in [5, 5.41) is 6.69. The molecule has 2 aromatic carbocycles. The number of nitrogens with zero attached hydrogens (tertiary/aromatic N) is 2. The second-order valence-corrected chi connectivity index (χ2v) is 8.67. The molecule has 146 valence electrons. The molecule has 0 saturated carbocycles. The summed E-state index contributed by atoms with van der Waals surface area (Å²) < 4.78 is 23.7. The molecule has 1 aromatic heterocycles. The number of amides is 1. The Kier molecular flexibility index (Phi) is 5.60. The van der Waals surface area contributed by atoms with Gasteiger partial charge in [-0.15, -0.1) is 0 Å². The van der Waals surface area contributed by atoms with Crippen LogP contribution in [0.3, 0.4) is 0 Å². The van der Waals surface area contributed by atoms with E-state index in [4.69, 9.17) is 0 Å². The van der Waals surface area contributed by atoms with Gasteiger partial charge in [0.15, 0.2) is 9.84 Å². The SMILES string of the molecule is CC[C@H](C)NC(=O)c1ccc(Nc2ncnc3ccc(S(C)(=O)=O)cc23)cc1. The number of fused-ring (bicyclic) bond motifs is 1. The number of aromatic nitrogens is 2. The zero-order chi connectivity index (χ0) is 20.3. The average molecular weight is 398 g/mol. The van der Waals surface area contributed by atoms with Crippen molar-refractivity contribution in [3.8, 4) is 0 Å². The smallest absolute Gasteiger partial charge is 0.251 e. The number of carbonyl (C=O) groups excluding carboxylic acids is 1. The lowest BCUT2D eigenvalue weighted by atomic mass is 10.1. The van der Waals surface area contributed by atoms with Crippen molar-refractivity contribution < 1.29 is 13.2 Å². The van der Waals surface area contributed by atoms with E-state index >= 15 is 0 Å². The van der Waals surface area contributed by atoms with Crippen LogP contribution in [0, 0.1) is 0 Å². The van der Waals surface area contributed by atoms with Crippen molar-refractivity contribution in [3.05, 3.63) is 54.4 Å². The van der Waals surface area contributed by atoms with Crippen molar-refractivity contribution in [2.75, 3.05) is 11.6 Å². The highest BCUT2D eigenvalue weighted by atomic mass is 32.2. The molecule has 0 fully saturated rings. The quantitative estimate of drug-likeness (QED) is 0.661. The van der Waals surface area contributed by atoms with Crippen LogP contribution >= 0.6 is 0 Å². The molecule has 1 amide bonds. The predicted molar refractivity (Wildman–Crippen MR) is 110 cm³/mol. The van der Waals surface area contributed by atoms with Gasteiger partial charge in [0.1, 0.15) is 12.1 Å². The molecule has 2 N–H and O–H groups in total. The third-order valence-electron chi connectivity index (χ3n) is 4.43. The monoisotopic (exact) mass is 398 g/mol. The van der Waals surface area contributed by atoms with Gasteiger partial charge in [-0.05, 0) is 55.8 Å². The summed E-state index contributed by atoms with van der Waals surface area (Å²) in [6.45, 7) is 3.97. The number of sulfone groups is 1. The first kappa shape index (κ1) is 19.8. The summed E-state index contributed by atoms with van der Waals surface area (Å²) in [7, 11) is -3.34. The highest BCUT2D eigenvalue weighted by Gasteiger charge is 2.12. The van der Waals surface area contributed by atoms with Crippen molar-refractivity contribution >= 4 is 38.2 Å². The van der Waals surface area contributed by atoms with E-state index in [0.717, 1.165) is 18.4 Å². The summed E-state index contributed by atoms with van der Waals surface area (Å²) in [6.07, 6.45) is 3.44. The molecule has 0 unspecified atom stereocenters. The highest BCUT2D eigenvalue weighted by Crippen LogP contribution is 2.25. The van der Waals surface area contributed by atoms with Crippen molar-refractivity contribution in [1.29, 1.82) is 0 Å². The molecular weight excluding hydrogens is 376 g/mol. The minimum Gasteiger partial charge on any atom is -0.350 e. The molecule has 3 rings (SSSR count). The molecule has 28 heavy (non-hydrogen) atoms. The second-order valence-electron chi connectivity index (χ2n) is 6.66. The van der Waals surface area contributed by atoms with E-state index in [0.29, 0.717) is 22.3 Å². The van der Waals surface area contributed by atoms with E-state index in [1.807, 2.05) is 13.8 Å². The zero-order valence-corrected chi connectivity index (χ0v) is 16.7. The lowest BCUT2D eigenvalue weighted by Gasteiger charge is -2.12. The first-order valence-corrected chi connectivity index (χ1v) is 10.8. The van der Waals surface area contributed by atoms with E-state index in [1.165, 1.54) is 12.4 Å². The summed E-state index contributed by atoms with van der Waals surface area (Å²) >= 11 is 0. The number of hydrogen-bond donors (Lipinski definition) is 2. The van der Waals surface area contributed by atoms with Gasteiger partial charge in [-0.3, -0.25) is 4.79 Å². The molecule has 0 aliphatic rings. The van der Waals surface area contributed by atoms with Gasteiger partial charge in [-0.1, -0.05) is 6.92 Å². The summed E-state index contributed by atoms with van der Waals surface area (Å²) in [4.78, 5) is 20.8. The number of carbonyl (C=O) groups is 1. The molecule has 1 heterocycles. The Bertz CT molecular complexity index is 1110. The molecule has 0 aliphatic carbocycles. The maximum absolute atomic E-state index is 12.2. The van der Waals surface area contributed by atoms with Crippen LogP contribution in [0.1, 0.15) is 30.6 Å². The van der Waals surface area contributed by atoms with E-state index < -0.39 is 9.84 Å². The Morgan fingerprint density at radius 3 is 2.46 bits per heavy atom. The molecule has 3 aromatic rings. The maximum Gasteiger partial charge on any atom is 0.251 e. The molecule has 1 atom stereocenters. The van der Waals surface area contributed by atoms with Gasteiger partial charge in [0.2, 0.25) is 0 Å². The molecule has 0 radical (unpaired) electrons. The van der Waals surface area contributed by atoms with Crippen LogP contribution in [0.2, 0.25) is 0 Å². The standard InChI is InChI=1S/C20H22N4O3S/c1-4-13(2)23-20(25)14-5-7-15(8-6-14)24-19-17-11-16(28(3,26)27)9-10-18(17)21-12-22-19/h5-13H,4H2,1-3H3,(H,23,25)(H,21,22,24)/t13-/m0/s1. The minimum atomic E-state index is -3.34. The van der Waals surface area contributed by atoms with Crippen molar-refractivity contribution in [1.82, 2.24) is 15.3 Å². The number of hydrogen-bond acceptors (Lipinski definition) is 6. The molecule has 0 aliphatic heterocycles. The van der Waals surface area contributed by atoms with Crippen LogP contribution in [-0.2, 0) is 9.84 Å². The Labute approximate surface area is 164 Å². The Hall–Kier alpha value is -3.00. The fourth-order valence-corrected chi connectivity index (χ4v) is 3.26. The van der Waals surface area contributed by atoms with Gasteiger partial charge in [-0.2, -0.15) is 0 Å². The maximum atomic E-state index is 12.2. The van der Waals surface area contributed by atoms with Gasteiger partial charge in [0.25, 0.3) is 5.91 Å². The van der Waals surface area contributed by atoms with Crippen LogP contribution in [0.5, 0.6) is 0 Å². The fraction of sp³-hybridized carbons (Fsp3) is 0.250. The molecule has 0 spiro atoms. The van der Waals surface area contributed by atoms with E-state index in [-0.39, 0.29) is 16.8 Å². The Balaban J connectivity index is 1.87. The highest BCUT2D eigenvalue weighted by molar-refractivity contribution is 7.90. The van der Waals surface area contributed by atoms with Crippen LogP contribution in [-0.4, -0.2) is 36.6 Å². The largest absolute Gasteiger partial charge is 0.350 e. The number of anilines is 2. The summed E-state index contributed by atoms with van der Waals surface area (Å²) in [5.41, 5.74) is 1.93. The van der Waals surface area contributed by atoms with Gasteiger partial charge >= 0.3 is 0 Å². The van der Waals surface area contributed by atoms with Crippen LogP contribution in [0.25, 0.3) is 10.9 Å². The zero-order valence-electron chi connectivity index (χ0n) is 15.9. The van der Waals surface area contributed by atoms with Crippen LogP contribution in [0.15, 0.2) is 53.7 Å². The van der Waals surface area contributed by atoms with Crippen molar-refractivity contribution in [2.45, 2.75) is 31.2 Å². The van der Waals surface area contributed by atoms with Gasteiger partial charge in [-0.25, -0.2) is 18.4 Å². The lowest BCUT2D eigenvalue weighted by molar-refractivity contribution is 0.0939. The first-order chi connectivity index (χ1) is 13.3. The molecular formula is C20H22N4O3S. The second kappa shape index (κ2) is 7.93. The van der Waals surface area contributed by atoms with E-state index in [9.17, 15) is 13.2 Å². The van der Waals surface area contributed by atoms with Crippen LogP contribution in [0.4, 0.5) is 11.5 Å². The van der Waals surface area contributed by atoms with E-state index in [1.54, 1.807) is 36.4 Å². The third kappa shape index (κ3) is 4.45. The molecule has 0 saturated heterocycles. The average Bonchev–Trinajstić information content (AvgIpc) is 2.67.